The molecule has 1 aromatic heterocycles. The Bertz CT molecular complexity index is 478. The van der Waals surface area contributed by atoms with Crippen LogP contribution in [-0.2, 0) is 4.74 Å². The van der Waals surface area contributed by atoms with Gasteiger partial charge in [0, 0.05) is 12.5 Å². The van der Waals surface area contributed by atoms with E-state index in [0.29, 0.717) is 10.0 Å². The second-order valence-corrected chi connectivity index (χ2v) is 5.64. The van der Waals surface area contributed by atoms with Crippen molar-refractivity contribution in [2.24, 2.45) is 0 Å². The van der Waals surface area contributed by atoms with Crippen molar-refractivity contribution in [2.45, 2.75) is 46.1 Å². The lowest BCUT2D eigenvalue weighted by Gasteiger charge is -2.27. The lowest BCUT2D eigenvalue weighted by Crippen LogP contribution is -2.32. The van der Waals surface area contributed by atoms with Gasteiger partial charge in [-0.2, -0.15) is 0 Å². The molecule has 0 aliphatic heterocycles. The second kappa shape index (κ2) is 6.14. The number of methoxy groups -OCH3 is 1. The average Bonchev–Trinajstić information content (AvgIpc) is 2.81. The first-order valence-corrected chi connectivity index (χ1v) is 7.06. The molecule has 5 nitrogen and oxygen atoms in total. The lowest BCUT2D eigenvalue weighted by molar-refractivity contribution is 0.0591. The van der Waals surface area contributed by atoms with E-state index in [9.17, 15) is 9.59 Å². The van der Waals surface area contributed by atoms with Gasteiger partial charge in [0.1, 0.15) is 4.88 Å². The molecule has 1 N–H and O–H groups in total. The molecule has 0 unspecified atom stereocenters. The first kappa shape index (κ1) is 15.6. The number of nitrogens with one attached hydrogen (secondary N) is 1. The van der Waals surface area contributed by atoms with Crippen molar-refractivity contribution < 1.29 is 14.3 Å². The maximum atomic E-state index is 11.6. The fourth-order valence-electron chi connectivity index (χ4n) is 1.53. The normalized spacial score (nSPS) is 11.2. The van der Waals surface area contributed by atoms with Crippen molar-refractivity contribution in [2.75, 3.05) is 12.4 Å². The van der Waals surface area contributed by atoms with Crippen LogP contribution in [0.3, 0.4) is 0 Å². The Morgan fingerprint density at radius 3 is 2.37 bits per heavy atom. The number of aromatic nitrogens is 1. The summed E-state index contributed by atoms with van der Waals surface area (Å²) in [4.78, 5) is 27.7. The van der Waals surface area contributed by atoms with Gasteiger partial charge in [-0.1, -0.05) is 25.2 Å². The number of nitrogens with zero attached hydrogens (tertiary/aromatic N) is 1. The van der Waals surface area contributed by atoms with E-state index in [1.807, 2.05) is 0 Å². The summed E-state index contributed by atoms with van der Waals surface area (Å²) in [5.74, 6) is -0.759. The van der Waals surface area contributed by atoms with Gasteiger partial charge in [0.25, 0.3) is 0 Å². The van der Waals surface area contributed by atoms with E-state index in [1.54, 1.807) is 0 Å². The van der Waals surface area contributed by atoms with Gasteiger partial charge in [0.15, 0.2) is 16.6 Å². The van der Waals surface area contributed by atoms with Crippen LogP contribution in [0.15, 0.2) is 0 Å². The van der Waals surface area contributed by atoms with Gasteiger partial charge < -0.3 is 10.1 Å². The summed E-state index contributed by atoms with van der Waals surface area (Å²) in [6.45, 7) is 7.66. The predicted molar refractivity (Wildman–Crippen MR) is 76.1 cm³/mol. The Kier molecular flexibility index (Phi) is 5.05. The quantitative estimate of drug-likeness (QED) is 0.642. The number of ether oxygens (including phenoxy) is 1. The molecule has 0 aliphatic carbocycles. The molecule has 6 heteroatoms. The van der Waals surface area contributed by atoms with Crippen LogP contribution < -0.4 is 5.32 Å². The van der Waals surface area contributed by atoms with Crippen LogP contribution in [-0.4, -0.2) is 29.4 Å². The van der Waals surface area contributed by atoms with Crippen molar-refractivity contribution in [3.8, 4) is 0 Å². The van der Waals surface area contributed by atoms with Gasteiger partial charge in [-0.3, -0.25) is 4.79 Å². The Hall–Kier alpha value is -1.43. The van der Waals surface area contributed by atoms with Crippen LogP contribution in [0, 0.1) is 0 Å². The minimum absolute atomic E-state index is 0.0945. The zero-order chi connectivity index (χ0) is 14.6. The number of hydrogen-bond donors (Lipinski definition) is 1. The van der Waals surface area contributed by atoms with E-state index in [-0.39, 0.29) is 17.0 Å². The van der Waals surface area contributed by atoms with E-state index < -0.39 is 5.97 Å². The van der Waals surface area contributed by atoms with Crippen molar-refractivity contribution in [3.05, 3.63) is 10.6 Å². The predicted octanol–water partition coefficient (Wildman–Crippen LogP) is 3.12. The van der Waals surface area contributed by atoms with E-state index in [0.717, 1.165) is 12.8 Å². The average molecular weight is 284 g/mol. The fraction of sp³-hybridized carbons (Fsp3) is 0.615. The van der Waals surface area contributed by atoms with Crippen LogP contribution in [0.5, 0.6) is 0 Å². The van der Waals surface area contributed by atoms with Crippen molar-refractivity contribution in [1.82, 2.24) is 4.98 Å². The molecule has 0 radical (unpaired) electrons. The molecular weight excluding hydrogens is 264 g/mol. The molecular formula is C13H20N2O3S. The van der Waals surface area contributed by atoms with Crippen molar-refractivity contribution >= 4 is 28.2 Å². The zero-order valence-electron chi connectivity index (χ0n) is 12.0. The smallest absolute Gasteiger partial charge is 0.358 e. The molecule has 1 heterocycles. The standard InChI is InChI=1S/C13H20N2O3S/c1-6-13(4,7-2)15-12-14-9(11(17)18-5)10(19-12)8(3)16/h6-7H2,1-5H3,(H,14,15). The molecule has 106 valence electrons. The second-order valence-electron chi connectivity index (χ2n) is 4.64. The lowest BCUT2D eigenvalue weighted by atomic mass is 9.96. The summed E-state index contributed by atoms with van der Waals surface area (Å²) in [7, 11) is 1.28. The highest BCUT2D eigenvalue weighted by Crippen LogP contribution is 2.28. The fourth-order valence-corrected chi connectivity index (χ4v) is 2.53. The van der Waals surface area contributed by atoms with Crippen LogP contribution in [0.25, 0.3) is 0 Å². The van der Waals surface area contributed by atoms with Gasteiger partial charge in [0.05, 0.1) is 7.11 Å². The van der Waals surface area contributed by atoms with Gasteiger partial charge >= 0.3 is 5.97 Å². The van der Waals surface area contributed by atoms with Gasteiger partial charge in [-0.05, 0) is 19.8 Å². The molecule has 0 atom stereocenters. The summed E-state index contributed by atoms with van der Waals surface area (Å²) in [6.07, 6.45) is 1.85. The first-order chi connectivity index (χ1) is 8.86. The van der Waals surface area contributed by atoms with E-state index in [2.05, 4.69) is 35.8 Å². The number of hydrogen-bond acceptors (Lipinski definition) is 6. The number of ketones is 1. The molecule has 0 fully saturated rings. The molecule has 1 aromatic rings. The molecule has 0 spiro atoms. The first-order valence-electron chi connectivity index (χ1n) is 6.25. The van der Waals surface area contributed by atoms with Crippen LogP contribution in [0.1, 0.15) is 60.7 Å². The SMILES string of the molecule is CCC(C)(CC)Nc1nc(C(=O)OC)c(C(C)=O)s1. The van der Waals surface area contributed by atoms with E-state index >= 15 is 0 Å². The minimum atomic E-state index is -0.579. The molecule has 0 saturated carbocycles. The van der Waals surface area contributed by atoms with Crippen LogP contribution >= 0.6 is 11.3 Å². The maximum absolute atomic E-state index is 11.6. The van der Waals surface area contributed by atoms with Crippen LogP contribution in [0.2, 0.25) is 0 Å². The molecule has 0 aliphatic rings. The minimum Gasteiger partial charge on any atom is -0.464 e. The number of Topliss-reactive ketones (excluding diaryl/α,β-unsaturated/α-hetero) is 1. The summed E-state index contributed by atoms with van der Waals surface area (Å²) in [5.41, 5.74) is -0.00342. The highest BCUT2D eigenvalue weighted by atomic mass is 32.1. The Labute approximate surface area is 117 Å². The number of carbonyl (C=O) groups is 2. The maximum Gasteiger partial charge on any atom is 0.358 e. The number of carbonyl (C=O) groups excluding carboxylic acids is 2. The van der Waals surface area contributed by atoms with Gasteiger partial charge in [-0.25, -0.2) is 9.78 Å². The molecule has 0 bridgehead atoms. The Morgan fingerprint density at radius 2 is 1.95 bits per heavy atom. The third kappa shape index (κ3) is 3.53. The third-order valence-electron chi connectivity index (χ3n) is 3.30. The van der Waals surface area contributed by atoms with Crippen molar-refractivity contribution in [1.29, 1.82) is 0 Å². The molecule has 1 rings (SSSR count). The summed E-state index contributed by atoms with van der Waals surface area (Å²) < 4.78 is 4.65. The highest BCUT2D eigenvalue weighted by molar-refractivity contribution is 7.17. The number of esters is 1. The van der Waals surface area contributed by atoms with Crippen LogP contribution in [0.4, 0.5) is 5.13 Å². The Balaban J connectivity index is 3.11. The van der Waals surface area contributed by atoms with E-state index in [1.165, 1.54) is 25.4 Å². The number of thiazole rings is 1. The molecule has 0 amide bonds. The largest absolute Gasteiger partial charge is 0.464 e. The zero-order valence-corrected chi connectivity index (χ0v) is 12.8. The topological polar surface area (TPSA) is 68.3 Å². The monoisotopic (exact) mass is 284 g/mol. The molecule has 0 aromatic carbocycles. The van der Waals surface area contributed by atoms with Gasteiger partial charge in [0.2, 0.25) is 0 Å². The number of rotatable bonds is 6. The molecule has 0 saturated heterocycles. The summed E-state index contributed by atoms with van der Waals surface area (Å²) in [6, 6.07) is 0. The summed E-state index contributed by atoms with van der Waals surface area (Å²) in [5, 5.41) is 3.88. The summed E-state index contributed by atoms with van der Waals surface area (Å²) >= 11 is 1.20. The molecule has 19 heavy (non-hydrogen) atoms. The Morgan fingerprint density at radius 1 is 1.37 bits per heavy atom. The third-order valence-corrected chi connectivity index (χ3v) is 4.37. The van der Waals surface area contributed by atoms with Gasteiger partial charge in [-0.15, -0.1) is 0 Å². The highest BCUT2D eigenvalue weighted by Gasteiger charge is 2.25. The van der Waals surface area contributed by atoms with E-state index in [4.69, 9.17) is 0 Å². The van der Waals surface area contributed by atoms with Crippen molar-refractivity contribution in [3.63, 3.8) is 0 Å². The number of anilines is 1.